The van der Waals surface area contributed by atoms with Crippen LogP contribution in [0.25, 0.3) is 11.5 Å². The summed E-state index contributed by atoms with van der Waals surface area (Å²) < 4.78 is 16.5. The van der Waals surface area contributed by atoms with Crippen molar-refractivity contribution >= 4 is 0 Å². The number of ether oxygens (including phenoxy) is 1. The zero-order chi connectivity index (χ0) is 15.2. The molecule has 0 bridgehead atoms. The molecule has 6 heteroatoms. The standard InChI is InChI=1S/C16H15N3O3/c1-16(2)7-11(10-5-3-4-6-13(10)21-16)15-18-14(19-22-15)12-8-20-9-17-12/h3-6,8-9,11H,7H2,1-2H3. The fourth-order valence-electron chi connectivity index (χ4n) is 2.83. The molecule has 1 aromatic carbocycles. The second-order valence-corrected chi connectivity index (χ2v) is 5.99. The van der Waals surface area contributed by atoms with E-state index in [1.54, 1.807) is 0 Å². The van der Waals surface area contributed by atoms with Gasteiger partial charge >= 0.3 is 0 Å². The molecule has 0 aliphatic carbocycles. The molecule has 3 heterocycles. The van der Waals surface area contributed by atoms with Crippen molar-refractivity contribution in [3.8, 4) is 17.3 Å². The van der Waals surface area contributed by atoms with Gasteiger partial charge in [0, 0.05) is 12.0 Å². The molecule has 0 N–H and O–H groups in total. The van der Waals surface area contributed by atoms with Crippen molar-refractivity contribution in [1.82, 2.24) is 15.1 Å². The summed E-state index contributed by atoms with van der Waals surface area (Å²) in [6.07, 6.45) is 3.61. The summed E-state index contributed by atoms with van der Waals surface area (Å²) in [5, 5.41) is 4.01. The Morgan fingerprint density at radius 3 is 2.91 bits per heavy atom. The van der Waals surface area contributed by atoms with Crippen molar-refractivity contribution < 1.29 is 13.7 Å². The van der Waals surface area contributed by atoms with Gasteiger partial charge < -0.3 is 13.7 Å². The van der Waals surface area contributed by atoms with Gasteiger partial charge in [0.1, 0.15) is 23.3 Å². The SMILES string of the molecule is CC1(C)CC(c2nc(-c3cocn3)no2)c2ccccc2O1. The van der Waals surface area contributed by atoms with Crippen molar-refractivity contribution in [2.45, 2.75) is 31.8 Å². The number of para-hydroxylation sites is 1. The number of hydrogen-bond acceptors (Lipinski definition) is 6. The Morgan fingerprint density at radius 2 is 2.09 bits per heavy atom. The fraction of sp³-hybridized carbons (Fsp3) is 0.312. The highest BCUT2D eigenvalue weighted by molar-refractivity contribution is 5.47. The molecule has 3 aromatic rings. The van der Waals surface area contributed by atoms with Crippen molar-refractivity contribution in [3.63, 3.8) is 0 Å². The van der Waals surface area contributed by atoms with Crippen LogP contribution in [-0.2, 0) is 0 Å². The van der Waals surface area contributed by atoms with E-state index in [1.165, 1.54) is 12.7 Å². The van der Waals surface area contributed by atoms with Crippen molar-refractivity contribution in [2.24, 2.45) is 0 Å². The minimum atomic E-state index is -0.290. The number of benzene rings is 1. The van der Waals surface area contributed by atoms with Gasteiger partial charge in [-0.1, -0.05) is 23.4 Å². The van der Waals surface area contributed by atoms with E-state index in [4.69, 9.17) is 13.7 Å². The van der Waals surface area contributed by atoms with Crippen LogP contribution in [0.3, 0.4) is 0 Å². The topological polar surface area (TPSA) is 74.2 Å². The maximum absolute atomic E-state index is 6.03. The number of nitrogens with zero attached hydrogens (tertiary/aromatic N) is 3. The van der Waals surface area contributed by atoms with E-state index in [0.717, 1.165) is 17.7 Å². The lowest BCUT2D eigenvalue weighted by Gasteiger charge is -2.36. The second-order valence-electron chi connectivity index (χ2n) is 5.99. The lowest BCUT2D eigenvalue weighted by atomic mass is 9.84. The monoisotopic (exact) mass is 297 g/mol. The number of oxazole rings is 1. The van der Waals surface area contributed by atoms with Crippen LogP contribution < -0.4 is 4.74 Å². The summed E-state index contributed by atoms with van der Waals surface area (Å²) in [4.78, 5) is 8.53. The molecule has 0 amide bonds. The van der Waals surface area contributed by atoms with Gasteiger partial charge in [-0.25, -0.2) is 4.98 Å². The molecule has 1 atom stereocenters. The minimum Gasteiger partial charge on any atom is -0.488 e. The molecule has 2 aromatic heterocycles. The summed E-state index contributed by atoms with van der Waals surface area (Å²) in [6, 6.07) is 7.96. The van der Waals surface area contributed by atoms with Crippen LogP contribution in [0.4, 0.5) is 0 Å². The molecule has 112 valence electrons. The van der Waals surface area contributed by atoms with Crippen LogP contribution in [0, 0.1) is 0 Å². The molecule has 1 aliphatic rings. The average Bonchev–Trinajstić information content (AvgIpc) is 3.16. The van der Waals surface area contributed by atoms with Gasteiger partial charge in [0.15, 0.2) is 6.39 Å². The largest absolute Gasteiger partial charge is 0.488 e. The first kappa shape index (κ1) is 13.1. The second kappa shape index (κ2) is 4.69. The summed E-state index contributed by atoms with van der Waals surface area (Å²) in [6.45, 7) is 4.12. The predicted molar refractivity (Wildman–Crippen MR) is 77.4 cm³/mol. The zero-order valence-electron chi connectivity index (χ0n) is 12.3. The van der Waals surface area contributed by atoms with Crippen LogP contribution in [0.15, 0.2) is 45.9 Å². The third kappa shape index (κ3) is 2.16. The molecule has 0 saturated carbocycles. The lowest BCUT2D eigenvalue weighted by molar-refractivity contribution is 0.0725. The quantitative estimate of drug-likeness (QED) is 0.721. The third-order valence-electron chi connectivity index (χ3n) is 3.78. The van der Waals surface area contributed by atoms with E-state index in [1.807, 2.05) is 24.3 Å². The number of rotatable bonds is 2. The highest BCUT2D eigenvalue weighted by Crippen LogP contribution is 2.43. The van der Waals surface area contributed by atoms with Crippen LogP contribution in [0.5, 0.6) is 5.75 Å². The van der Waals surface area contributed by atoms with E-state index >= 15 is 0 Å². The maximum atomic E-state index is 6.03. The van der Waals surface area contributed by atoms with Crippen molar-refractivity contribution in [1.29, 1.82) is 0 Å². The fourth-order valence-corrected chi connectivity index (χ4v) is 2.83. The van der Waals surface area contributed by atoms with Gasteiger partial charge in [0.05, 0.1) is 5.92 Å². The molecule has 0 spiro atoms. The number of hydrogen-bond donors (Lipinski definition) is 0. The molecule has 1 unspecified atom stereocenters. The number of fused-ring (bicyclic) bond motifs is 1. The Labute approximate surface area is 127 Å². The Bertz CT molecular complexity index is 793. The first-order valence-electron chi connectivity index (χ1n) is 7.12. The van der Waals surface area contributed by atoms with E-state index in [2.05, 4.69) is 29.0 Å². The van der Waals surface area contributed by atoms with Crippen LogP contribution in [-0.4, -0.2) is 20.7 Å². The average molecular weight is 297 g/mol. The van der Waals surface area contributed by atoms with E-state index in [0.29, 0.717) is 17.4 Å². The molecule has 0 saturated heterocycles. The number of aromatic nitrogens is 3. The van der Waals surface area contributed by atoms with Gasteiger partial charge in [-0.3, -0.25) is 0 Å². The maximum Gasteiger partial charge on any atom is 0.234 e. The molecule has 6 nitrogen and oxygen atoms in total. The smallest absolute Gasteiger partial charge is 0.234 e. The van der Waals surface area contributed by atoms with Crippen molar-refractivity contribution in [2.75, 3.05) is 0 Å². The first-order valence-corrected chi connectivity index (χ1v) is 7.12. The van der Waals surface area contributed by atoms with Gasteiger partial charge in [0.2, 0.25) is 11.7 Å². The third-order valence-corrected chi connectivity index (χ3v) is 3.78. The van der Waals surface area contributed by atoms with Crippen molar-refractivity contribution in [3.05, 3.63) is 48.4 Å². The van der Waals surface area contributed by atoms with E-state index in [9.17, 15) is 0 Å². The molecule has 22 heavy (non-hydrogen) atoms. The normalized spacial score (nSPS) is 19.5. The highest BCUT2D eigenvalue weighted by atomic mass is 16.5. The van der Waals surface area contributed by atoms with Gasteiger partial charge in [-0.15, -0.1) is 0 Å². The van der Waals surface area contributed by atoms with E-state index in [-0.39, 0.29) is 11.5 Å². The Balaban J connectivity index is 1.76. The summed E-state index contributed by atoms with van der Waals surface area (Å²) in [5.74, 6) is 1.88. The first-order chi connectivity index (χ1) is 10.6. The molecule has 4 rings (SSSR count). The summed E-state index contributed by atoms with van der Waals surface area (Å²) >= 11 is 0. The summed E-state index contributed by atoms with van der Waals surface area (Å²) in [7, 11) is 0. The Kier molecular flexibility index (Phi) is 2.79. The minimum absolute atomic E-state index is 0.00750. The zero-order valence-corrected chi connectivity index (χ0v) is 12.3. The molecular formula is C16H15N3O3. The summed E-state index contributed by atoms with van der Waals surface area (Å²) in [5.41, 5.74) is 1.34. The predicted octanol–water partition coefficient (Wildman–Crippen LogP) is 3.42. The van der Waals surface area contributed by atoms with E-state index < -0.39 is 0 Å². The van der Waals surface area contributed by atoms with Gasteiger partial charge in [0.25, 0.3) is 0 Å². The molecular weight excluding hydrogens is 282 g/mol. The molecule has 1 aliphatic heterocycles. The van der Waals surface area contributed by atoms with Crippen LogP contribution >= 0.6 is 0 Å². The van der Waals surface area contributed by atoms with Crippen LogP contribution in [0.2, 0.25) is 0 Å². The molecule has 0 radical (unpaired) electrons. The van der Waals surface area contributed by atoms with Crippen LogP contribution in [0.1, 0.15) is 37.6 Å². The highest BCUT2D eigenvalue weighted by Gasteiger charge is 2.37. The van der Waals surface area contributed by atoms with Gasteiger partial charge in [-0.2, -0.15) is 4.98 Å². The Morgan fingerprint density at radius 1 is 1.23 bits per heavy atom. The molecule has 0 fully saturated rings. The lowest BCUT2D eigenvalue weighted by Crippen LogP contribution is -2.35. The van der Waals surface area contributed by atoms with Gasteiger partial charge in [-0.05, 0) is 19.9 Å². The Hall–Kier alpha value is -2.63.